The summed E-state index contributed by atoms with van der Waals surface area (Å²) in [6.07, 6.45) is 5.28. The maximum absolute atomic E-state index is 8.86. The second-order valence-corrected chi connectivity index (χ2v) is 7.06. The van der Waals surface area contributed by atoms with E-state index in [0.29, 0.717) is 25.5 Å². The molecule has 0 spiro atoms. The van der Waals surface area contributed by atoms with E-state index in [0.717, 1.165) is 42.7 Å². The van der Waals surface area contributed by atoms with Gasteiger partial charge in [-0.1, -0.05) is 17.7 Å². The van der Waals surface area contributed by atoms with Crippen LogP contribution in [0.15, 0.2) is 28.7 Å². The molecule has 26 heavy (non-hydrogen) atoms. The Bertz CT molecular complexity index is 697. The molecule has 5 heteroatoms. The fourth-order valence-electron chi connectivity index (χ4n) is 3.38. The molecule has 0 saturated heterocycles. The van der Waals surface area contributed by atoms with Crippen molar-refractivity contribution < 1.29 is 19.0 Å². The number of aromatic nitrogens is 1. The molecule has 142 valence electrons. The lowest BCUT2D eigenvalue weighted by Crippen LogP contribution is -2.28. The van der Waals surface area contributed by atoms with E-state index in [1.165, 1.54) is 5.56 Å². The minimum absolute atomic E-state index is 0.182. The third-order valence-corrected chi connectivity index (χ3v) is 4.85. The number of aryl methyl sites for hydroxylation is 2. The number of benzene rings is 1. The fourth-order valence-corrected chi connectivity index (χ4v) is 3.38. The molecule has 1 aliphatic carbocycles. The van der Waals surface area contributed by atoms with Crippen LogP contribution in [-0.2, 0) is 16.1 Å². The number of aliphatic hydroxyl groups is 1. The van der Waals surface area contributed by atoms with Gasteiger partial charge in [-0.2, -0.15) is 0 Å². The average molecular weight is 359 g/mol. The van der Waals surface area contributed by atoms with Crippen LogP contribution in [0.3, 0.4) is 0 Å². The van der Waals surface area contributed by atoms with Gasteiger partial charge in [-0.25, -0.2) is 4.98 Å². The number of hydrogen-bond acceptors (Lipinski definition) is 5. The SMILES string of the molecule is Cc1cccc(-c2nc(COC3CCCC(OCCCO)C3)c(C)o2)c1. The van der Waals surface area contributed by atoms with Crippen LogP contribution < -0.4 is 0 Å². The van der Waals surface area contributed by atoms with Gasteiger partial charge in [0.1, 0.15) is 11.5 Å². The number of rotatable bonds is 8. The van der Waals surface area contributed by atoms with Crippen molar-refractivity contribution in [2.45, 2.75) is 64.8 Å². The van der Waals surface area contributed by atoms with Crippen molar-refractivity contribution >= 4 is 0 Å². The van der Waals surface area contributed by atoms with Crippen LogP contribution in [0.4, 0.5) is 0 Å². The average Bonchev–Trinajstić information content (AvgIpc) is 3.01. The topological polar surface area (TPSA) is 64.7 Å². The third kappa shape index (κ3) is 5.16. The summed E-state index contributed by atoms with van der Waals surface area (Å²) in [5.74, 6) is 1.46. The molecular formula is C21H29NO4. The molecular weight excluding hydrogens is 330 g/mol. The second kappa shape index (κ2) is 9.31. The van der Waals surface area contributed by atoms with Gasteiger partial charge in [-0.3, -0.25) is 0 Å². The highest BCUT2D eigenvalue weighted by molar-refractivity contribution is 5.54. The van der Waals surface area contributed by atoms with Crippen LogP contribution in [-0.4, -0.2) is 35.5 Å². The van der Waals surface area contributed by atoms with E-state index in [1.54, 1.807) is 0 Å². The Hall–Kier alpha value is -1.69. The summed E-state index contributed by atoms with van der Waals surface area (Å²) in [5.41, 5.74) is 3.05. The Labute approximate surface area is 155 Å². The highest BCUT2D eigenvalue weighted by Gasteiger charge is 2.24. The summed E-state index contributed by atoms with van der Waals surface area (Å²) < 4.78 is 17.8. The van der Waals surface area contributed by atoms with Gasteiger partial charge >= 0.3 is 0 Å². The quantitative estimate of drug-likeness (QED) is 0.716. The first-order valence-corrected chi connectivity index (χ1v) is 9.53. The molecule has 1 fully saturated rings. The Morgan fingerprint density at radius 3 is 2.77 bits per heavy atom. The molecule has 1 aromatic carbocycles. The van der Waals surface area contributed by atoms with E-state index in [-0.39, 0.29) is 18.8 Å². The molecule has 0 radical (unpaired) electrons. The van der Waals surface area contributed by atoms with Crippen LogP contribution in [0.1, 0.15) is 49.1 Å². The molecule has 1 aliphatic rings. The molecule has 1 heterocycles. The highest BCUT2D eigenvalue weighted by Crippen LogP contribution is 2.26. The maximum atomic E-state index is 8.86. The number of aliphatic hydroxyl groups excluding tert-OH is 1. The maximum Gasteiger partial charge on any atom is 0.226 e. The molecule has 1 N–H and O–H groups in total. The number of oxazole rings is 1. The van der Waals surface area contributed by atoms with Crippen molar-refractivity contribution in [3.8, 4) is 11.5 Å². The van der Waals surface area contributed by atoms with Gasteiger partial charge in [0.05, 0.1) is 18.8 Å². The molecule has 1 aromatic heterocycles. The van der Waals surface area contributed by atoms with Gasteiger partial charge in [0, 0.05) is 18.8 Å². The molecule has 3 rings (SSSR count). The van der Waals surface area contributed by atoms with Gasteiger partial charge in [0.2, 0.25) is 5.89 Å². The summed E-state index contributed by atoms with van der Waals surface area (Å²) in [6, 6.07) is 8.16. The van der Waals surface area contributed by atoms with Crippen molar-refractivity contribution in [3.63, 3.8) is 0 Å². The van der Waals surface area contributed by atoms with Gasteiger partial charge in [-0.15, -0.1) is 0 Å². The zero-order chi connectivity index (χ0) is 18.4. The Morgan fingerprint density at radius 2 is 2.00 bits per heavy atom. The molecule has 0 aliphatic heterocycles. The van der Waals surface area contributed by atoms with Crippen LogP contribution in [0.2, 0.25) is 0 Å². The first kappa shape index (κ1) is 19.1. The zero-order valence-electron chi connectivity index (χ0n) is 15.7. The predicted octanol–water partition coefficient (Wildman–Crippen LogP) is 4.19. The van der Waals surface area contributed by atoms with Crippen LogP contribution in [0.25, 0.3) is 11.5 Å². The van der Waals surface area contributed by atoms with Gasteiger partial charge in [0.15, 0.2) is 0 Å². The lowest BCUT2D eigenvalue weighted by molar-refractivity contribution is -0.0528. The monoisotopic (exact) mass is 359 g/mol. The van der Waals surface area contributed by atoms with Crippen molar-refractivity contribution in [1.29, 1.82) is 0 Å². The first-order chi connectivity index (χ1) is 12.7. The number of ether oxygens (including phenoxy) is 2. The van der Waals surface area contributed by atoms with E-state index in [2.05, 4.69) is 24.0 Å². The molecule has 2 atom stereocenters. The molecule has 1 saturated carbocycles. The Kier molecular flexibility index (Phi) is 6.83. The lowest BCUT2D eigenvalue weighted by atomic mass is 9.95. The standard InChI is InChI=1S/C21H29NO4/c1-15-6-3-7-17(12-15)21-22-20(16(2)26-21)14-25-19-9-4-8-18(13-19)24-11-5-10-23/h3,6-7,12,18-19,23H,4-5,8-11,13-14H2,1-2H3. The largest absolute Gasteiger partial charge is 0.441 e. The minimum Gasteiger partial charge on any atom is -0.441 e. The van der Waals surface area contributed by atoms with E-state index >= 15 is 0 Å². The summed E-state index contributed by atoms with van der Waals surface area (Å²) >= 11 is 0. The Morgan fingerprint density at radius 1 is 1.19 bits per heavy atom. The van der Waals surface area contributed by atoms with E-state index in [1.807, 2.05) is 19.1 Å². The summed E-state index contributed by atoms with van der Waals surface area (Å²) in [7, 11) is 0. The highest BCUT2D eigenvalue weighted by atomic mass is 16.5. The van der Waals surface area contributed by atoms with Crippen molar-refractivity contribution in [1.82, 2.24) is 4.98 Å². The lowest BCUT2D eigenvalue weighted by Gasteiger charge is -2.29. The smallest absolute Gasteiger partial charge is 0.226 e. The second-order valence-electron chi connectivity index (χ2n) is 7.06. The van der Waals surface area contributed by atoms with Crippen molar-refractivity contribution in [2.24, 2.45) is 0 Å². The summed E-state index contributed by atoms with van der Waals surface area (Å²) in [5, 5.41) is 8.86. The zero-order valence-corrected chi connectivity index (χ0v) is 15.7. The Balaban J connectivity index is 1.54. The van der Waals surface area contributed by atoms with Crippen molar-refractivity contribution in [3.05, 3.63) is 41.3 Å². The van der Waals surface area contributed by atoms with Crippen LogP contribution in [0.5, 0.6) is 0 Å². The first-order valence-electron chi connectivity index (χ1n) is 9.53. The number of hydrogen-bond donors (Lipinski definition) is 1. The van der Waals surface area contributed by atoms with E-state index < -0.39 is 0 Å². The number of nitrogens with zero attached hydrogens (tertiary/aromatic N) is 1. The summed E-state index contributed by atoms with van der Waals surface area (Å²) in [4.78, 5) is 4.63. The molecule has 0 amide bonds. The van der Waals surface area contributed by atoms with Crippen molar-refractivity contribution in [2.75, 3.05) is 13.2 Å². The molecule has 2 unspecified atom stereocenters. The predicted molar refractivity (Wildman–Crippen MR) is 99.9 cm³/mol. The third-order valence-electron chi connectivity index (χ3n) is 4.85. The summed E-state index contributed by atoms with van der Waals surface area (Å²) in [6.45, 7) is 5.27. The molecule has 2 aromatic rings. The van der Waals surface area contributed by atoms with Gasteiger partial charge in [-0.05, 0) is 58.1 Å². The van der Waals surface area contributed by atoms with Gasteiger partial charge < -0.3 is 19.0 Å². The van der Waals surface area contributed by atoms with E-state index in [4.69, 9.17) is 19.0 Å². The fraction of sp³-hybridized carbons (Fsp3) is 0.571. The molecule has 5 nitrogen and oxygen atoms in total. The molecule has 0 bridgehead atoms. The van der Waals surface area contributed by atoms with Gasteiger partial charge in [0.25, 0.3) is 0 Å². The normalized spacial score (nSPS) is 20.4. The van der Waals surface area contributed by atoms with E-state index in [9.17, 15) is 0 Å². The van der Waals surface area contributed by atoms with Crippen LogP contribution >= 0.6 is 0 Å². The van der Waals surface area contributed by atoms with Crippen LogP contribution in [0, 0.1) is 13.8 Å². The minimum atomic E-state index is 0.182.